The van der Waals surface area contributed by atoms with Crippen LogP contribution in [-0.2, 0) is 45.1 Å². The van der Waals surface area contributed by atoms with Gasteiger partial charge in [-0.05, 0) is 98.3 Å². The van der Waals surface area contributed by atoms with Crippen LogP contribution in [0.1, 0.15) is 48.6 Å². The molecular weight excluding hydrogens is 662 g/mol. The molecule has 2 atom stereocenters. The van der Waals surface area contributed by atoms with Gasteiger partial charge in [0, 0.05) is 18.4 Å². The summed E-state index contributed by atoms with van der Waals surface area (Å²) in [5.74, 6) is -1.18. The molecule has 52 heavy (non-hydrogen) atoms. The number of benzene rings is 3. The number of fused-ring (bicyclic) bond motifs is 1. The summed E-state index contributed by atoms with van der Waals surface area (Å²) in [7, 11) is 1.57. The largest absolute Gasteiger partial charge is 0.497 e. The van der Waals surface area contributed by atoms with Gasteiger partial charge in [0.05, 0.1) is 31.2 Å². The Bertz CT molecular complexity index is 2020. The van der Waals surface area contributed by atoms with Crippen LogP contribution >= 0.6 is 0 Å². The summed E-state index contributed by atoms with van der Waals surface area (Å²) in [6.45, 7) is 5.73. The fraction of sp³-hybridized carbons (Fsp3) is 0.300. The number of aromatic nitrogens is 1. The Morgan fingerprint density at radius 3 is 2.40 bits per heavy atom. The summed E-state index contributed by atoms with van der Waals surface area (Å²) < 4.78 is 16.7. The molecule has 1 fully saturated rings. The maximum absolute atomic E-state index is 14.0. The highest BCUT2D eigenvalue weighted by molar-refractivity contribution is 6.12. The van der Waals surface area contributed by atoms with Gasteiger partial charge in [0.2, 0.25) is 5.91 Å². The SMILES string of the molecule is COc1ccc(CN(C(=O)OC(C)(C)C)c2cc(C[C@H]3C(=O)N(C(=O)N4CCc5cc(C#N)ccc54)[C@@H]3C(=O)OCc3ccccc3)ccn2)cc1. The third kappa shape index (κ3) is 7.73. The fourth-order valence-corrected chi connectivity index (χ4v) is 6.30. The zero-order valence-electron chi connectivity index (χ0n) is 29.4. The average Bonchev–Trinajstić information content (AvgIpc) is 3.57. The van der Waals surface area contributed by atoms with Gasteiger partial charge in [-0.15, -0.1) is 0 Å². The first kappa shape index (κ1) is 35.6. The monoisotopic (exact) mass is 701 g/mol. The van der Waals surface area contributed by atoms with Crippen molar-refractivity contribution in [3.63, 3.8) is 0 Å². The normalized spacial score (nSPS) is 16.3. The number of nitrogens with zero attached hydrogens (tertiary/aromatic N) is 5. The van der Waals surface area contributed by atoms with Gasteiger partial charge < -0.3 is 14.2 Å². The van der Waals surface area contributed by atoms with E-state index in [0.717, 1.165) is 21.6 Å². The van der Waals surface area contributed by atoms with Crippen LogP contribution in [0.2, 0.25) is 0 Å². The molecule has 4 aromatic rings. The highest BCUT2D eigenvalue weighted by Crippen LogP contribution is 2.37. The Hall–Kier alpha value is -6.22. The molecule has 12 nitrogen and oxygen atoms in total. The number of urea groups is 1. The van der Waals surface area contributed by atoms with E-state index in [1.807, 2.05) is 42.5 Å². The zero-order chi connectivity index (χ0) is 37.0. The summed E-state index contributed by atoms with van der Waals surface area (Å²) in [5, 5.41) is 9.33. The van der Waals surface area contributed by atoms with Crippen molar-refractivity contribution in [2.75, 3.05) is 23.5 Å². The first-order valence-corrected chi connectivity index (χ1v) is 16.9. The van der Waals surface area contributed by atoms with E-state index in [-0.39, 0.29) is 25.4 Å². The Kier molecular flexibility index (Phi) is 10.2. The van der Waals surface area contributed by atoms with Gasteiger partial charge in [-0.2, -0.15) is 5.26 Å². The second-order valence-electron chi connectivity index (χ2n) is 13.6. The number of anilines is 2. The number of hydrogen-bond acceptors (Lipinski definition) is 9. The molecule has 0 bridgehead atoms. The first-order chi connectivity index (χ1) is 25.0. The molecule has 0 saturated carbocycles. The number of hydrogen-bond donors (Lipinski definition) is 0. The molecule has 0 spiro atoms. The smallest absolute Gasteiger partial charge is 0.416 e. The molecule has 0 aliphatic carbocycles. The lowest BCUT2D eigenvalue weighted by Crippen LogP contribution is -2.69. The van der Waals surface area contributed by atoms with E-state index in [1.54, 1.807) is 70.3 Å². The predicted octanol–water partition coefficient (Wildman–Crippen LogP) is 6.20. The van der Waals surface area contributed by atoms with Crippen LogP contribution in [-0.4, -0.2) is 59.2 Å². The minimum Gasteiger partial charge on any atom is -0.497 e. The number of likely N-dealkylation sites (tertiary alicyclic amines) is 1. The fourth-order valence-electron chi connectivity index (χ4n) is 6.30. The van der Waals surface area contributed by atoms with Crippen molar-refractivity contribution in [3.8, 4) is 11.8 Å². The third-order valence-corrected chi connectivity index (χ3v) is 8.88. The number of methoxy groups -OCH3 is 1. The highest BCUT2D eigenvalue weighted by Gasteiger charge is 2.56. The van der Waals surface area contributed by atoms with Crippen LogP contribution in [0.4, 0.5) is 21.1 Å². The van der Waals surface area contributed by atoms with Crippen LogP contribution < -0.4 is 14.5 Å². The molecular formula is C40H39N5O7. The summed E-state index contributed by atoms with van der Waals surface area (Å²) in [6, 6.07) is 25.1. The van der Waals surface area contributed by atoms with Crippen LogP contribution in [0.15, 0.2) is 91.1 Å². The molecule has 0 radical (unpaired) electrons. The molecule has 266 valence electrons. The molecule has 3 aromatic carbocycles. The quantitative estimate of drug-likeness (QED) is 0.147. The molecule has 1 saturated heterocycles. The van der Waals surface area contributed by atoms with Crippen LogP contribution in [0.3, 0.4) is 0 Å². The second-order valence-corrected chi connectivity index (χ2v) is 13.6. The lowest BCUT2D eigenvalue weighted by Gasteiger charge is -2.45. The molecule has 0 N–H and O–H groups in total. The molecule has 6 rings (SSSR count). The second kappa shape index (κ2) is 14.9. The Balaban J connectivity index is 1.26. The number of nitriles is 1. The number of pyridine rings is 1. The number of imide groups is 1. The van der Waals surface area contributed by atoms with E-state index < -0.39 is 41.6 Å². The van der Waals surface area contributed by atoms with Gasteiger partial charge in [0.15, 0.2) is 6.04 Å². The molecule has 2 aliphatic heterocycles. The van der Waals surface area contributed by atoms with Crippen LogP contribution in [0.5, 0.6) is 5.75 Å². The van der Waals surface area contributed by atoms with Crippen molar-refractivity contribution in [1.82, 2.24) is 9.88 Å². The Morgan fingerprint density at radius 2 is 1.71 bits per heavy atom. The number of carbonyl (C=O) groups excluding carboxylic acids is 4. The number of esters is 1. The van der Waals surface area contributed by atoms with Crippen molar-refractivity contribution < 1.29 is 33.4 Å². The molecule has 3 heterocycles. The lowest BCUT2D eigenvalue weighted by atomic mass is 9.82. The Labute approximate surface area is 302 Å². The summed E-state index contributed by atoms with van der Waals surface area (Å²) in [6.07, 6.45) is 1.51. The third-order valence-electron chi connectivity index (χ3n) is 8.88. The van der Waals surface area contributed by atoms with Crippen molar-refractivity contribution in [2.24, 2.45) is 5.92 Å². The highest BCUT2D eigenvalue weighted by atomic mass is 16.6. The van der Waals surface area contributed by atoms with Crippen molar-refractivity contribution >= 4 is 35.5 Å². The van der Waals surface area contributed by atoms with Gasteiger partial charge in [0.25, 0.3) is 0 Å². The van der Waals surface area contributed by atoms with Crippen LogP contribution in [0, 0.1) is 17.2 Å². The average molecular weight is 702 g/mol. The van der Waals surface area contributed by atoms with Crippen molar-refractivity contribution in [3.05, 3.63) is 119 Å². The standard InChI is InChI=1S/C40H39N5O7/c1-40(2,3)52-39(49)44(24-26-10-13-31(50-4)14-11-26)34-22-28(16-18-42-34)21-32-35(37(47)51-25-27-8-6-5-7-9-27)45(36(32)46)38(48)43-19-17-30-20-29(23-41)12-15-33(30)43/h5-16,18,20,22,32,35H,17,19,21,24-25H2,1-4H3/t32-,35+/m1/s1. The number of carbonyl (C=O) groups is 4. The number of rotatable bonds is 9. The Morgan fingerprint density at radius 1 is 0.962 bits per heavy atom. The zero-order valence-corrected chi connectivity index (χ0v) is 29.4. The molecule has 1 aromatic heterocycles. The van der Waals surface area contributed by atoms with E-state index in [0.29, 0.717) is 35.5 Å². The van der Waals surface area contributed by atoms with Crippen molar-refractivity contribution in [2.45, 2.75) is 58.4 Å². The minimum absolute atomic E-state index is 0.0296. The van der Waals surface area contributed by atoms with Gasteiger partial charge in [-0.3, -0.25) is 14.6 Å². The lowest BCUT2D eigenvalue weighted by molar-refractivity contribution is -0.170. The van der Waals surface area contributed by atoms with Crippen molar-refractivity contribution in [1.29, 1.82) is 5.26 Å². The molecule has 12 heteroatoms. The predicted molar refractivity (Wildman–Crippen MR) is 191 cm³/mol. The maximum Gasteiger partial charge on any atom is 0.416 e. The van der Waals surface area contributed by atoms with Gasteiger partial charge in [0.1, 0.15) is 23.8 Å². The summed E-state index contributed by atoms with van der Waals surface area (Å²) in [5.41, 5.74) is 3.29. The minimum atomic E-state index is -1.19. The van der Waals surface area contributed by atoms with Crippen LogP contribution in [0.25, 0.3) is 0 Å². The van der Waals surface area contributed by atoms with E-state index in [1.165, 1.54) is 16.0 Å². The summed E-state index contributed by atoms with van der Waals surface area (Å²) in [4.78, 5) is 63.4. The van der Waals surface area contributed by atoms with E-state index >= 15 is 0 Å². The van der Waals surface area contributed by atoms with E-state index in [9.17, 15) is 24.4 Å². The van der Waals surface area contributed by atoms with Gasteiger partial charge >= 0.3 is 18.1 Å². The van der Waals surface area contributed by atoms with Gasteiger partial charge in [-0.1, -0.05) is 42.5 Å². The number of ether oxygens (including phenoxy) is 3. The topological polar surface area (TPSA) is 142 Å². The summed E-state index contributed by atoms with van der Waals surface area (Å²) >= 11 is 0. The van der Waals surface area contributed by atoms with E-state index in [4.69, 9.17) is 14.2 Å². The molecule has 2 aliphatic rings. The first-order valence-electron chi connectivity index (χ1n) is 16.9. The number of amides is 4. The molecule has 4 amide bonds. The maximum atomic E-state index is 14.0. The molecule has 0 unspecified atom stereocenters. The van der Waals surface area contributed by atoms with Gasteiger partial charge in [-0.25, -0.2) is 24.3 Å². The number of β-lactam (4-membered cyclic amide) rings is 1. The van der Waals surface area contributed by atoms with E-state index in [2.05, 4.69) is 11.1 Å².